The Morgan fingerprint density at radius 3 is 2.69 bits per heavy atom. The highest BCUT2D eigenvalue weighted by molar-refractivity contribution is 5.74. The summed E-state index contributed by atoms with van der Waals surface area (Å²) in [5.74, 6) is 0. The number of allylic oxidation sites excluding steroid dienone is 2. The van der Waals surface area contributed by atoms with E-state index in [1.54, 1.807) is 0 Å². The summed E-state index contributed by atoms with van der Waals surface area (Å²) < 4.78 is 0. The van der Waals surface area contributed by atoms with E-state index in [-0.39, 0.29) is 0 Å². The lowest BCUT2D eigenvalue weighted by Gasteiger charge is -2.32. The molecule has 0 bridgehead atoms. The standard InChI is InChI=1S/C15H18O/c1-2-11-15(16)12-7-6-10-14(15)13-8-4-3-5-9-13/h3-10,16H,2,11-12H2,1H3. The summed E-state index contributed by atoms with van der Waals surface area (Å²) in [6.45, 7) is 2.11. The van der Waals surface area contributed by atoms with Gasteiger partial charge in [-0.15, -0.1) is 0 Å². The summed E-state index contributed by atoms with van der Waals surface area (Å²) in [5, 5.41) is 10.7. The maximum atomic E-state index is 10.7. The molecule has 1 aromatic rings. The zero-order valence-corrected chi connectivity index (χ0v) is 9.69. The van der Waals surface area contributed by atoms with E-state index in [0.717, 1.165) is 30.4 Å². The zero-order chi connectivity index (χ0) is 11.4. The molecular formula is C15H18O. The number of aliphatic hydroxyl groups is 1. The van der Waals surface area contributed by atoms with Gasteiger partial charge in [0, 0.05) is 0 Å². The molecule has 0 aliphatic heterocycles. The monoisotopic (exact) mass is 214 g/mol. The molecule has 1 heteroatoms. The quantitative estimate of drug-likeness (QED) is 0.815. The molecule has 0 aromatic heterocycles. The number of hydrogen-bond donors (Lipinski definition) is 1. The fourth-order valence-corrected chi connectivity index (χ4v) is 2.33. The Morgan fingerprint density at radius 2 is 2.00 bits per heavy atom. The first kappa shape index (κ1) is 11.2. The molecule has 0 radical (unpaired) electrons. The average Bonchev–Trinajstić information content (AvgIpc) is 2.31. The third kappa shape index (κ3) is 2.10. The van der Waals surface area contributed by atoms with Gasteiger partial charge in [-0.3, -0.25) is 0 Å². The van der Waals surface area contributed by atoms with Crippen molar-refractivity contribution in [1.29, 1.82) is 0 Å². The summed E-state index contributed by atoms with van der Waals surface area (Å²) in [4.78, 5) is 0. The number of benzene rings is 1. The highest BCUT2D eigenvalue weighted by Crippen LogP contribution is 2.36. The van der Waals surface area contributed by atoms with Crippen LogP contribution in [-0.2, 0) is 0 Å². The van der Waals surface area contributed by atoms with Crippen LogP contribution in [0.25, 0.3) is 5.57 Å². The molecule has 1 unspecified atom stereocenters. The van der Waals surface area contributed by atoms with Crippen molar-refractivity contribution in [2.75, 3.05) is 0 Å². The smallest absolute Gasteiger partial charge is 0.0936 e. The van der Waals surface area contributed by atoms with E-state index in [1.807, 2.05) is 36.4 Å². The maximum absolute atomic E-state index is 10.7. The molecule has 0 saturated heterocycles. The molecule has 0 amide bonds. The van der Waals surface area contributed by atoms with Crippen molar-refractivity contribution in [3.05, 3.63) is 54.1 Å². The zero-order valence-electron chi connectivity index (χ0n) is 9.69. The van der Waals surface area contributed by atoms with E-state index in [4.69, 9.17) is 0 Å². The van der Waals surface area contributed by atoms with Gasteiger partial charge in [-0.2, -0.15) is 0 Å². The lowest BCUT2D eigenvalue weighted by Crippen LogP contribution is -2.30. The van der Waals surface area contributed by atoms with Crippen LogP contribution in [0.2, 0.25) is 0 Å². The third-order valence-corrected chi connectivity index (χ3v) is 3.10. The molecule has 0 heterocycles. The van der Waals surface area contributed by atoms with Gasteiger partial charge in [-0.05, 0) is 24.0 Å². The van der Waals surface area contributed by atoms with Crippen molar-refractivity contribution in [3.8, 4) is 0 Å². The number of rotatable bonds is 3. The molecule has 1 aliphatic carbocycles. The van der Waals surface area contributed by atoms with Crippen LogP contribution in [0, 0.1) is 0 Å². The normalized spacial score (nSPS) is 24.2. The first-order valence-electron chi connectivity index (χ1n) is 5.91. The van der Waals surface area contributed by atoms with Gasteiger partial charge in [0.15, 0.2) is 0 Å². The van der Waals surface area contributed by atoms with Gasteiger partial charge in [0.2, 0.25) is 0 Å². The fraction of sp³-hybridized carbons (Fsp3) is 0.333. The summed E-state index contributed by atoms with van der Waals surface area (Å²) in [7, 11) is 0. The molecule has 1 N–H and O–H groups in total. The third-order valence-electron chi connectivity index (χ3n) is 3.10. The highest BCUT2D eigenvalue weighted by atomic mass is 16.3. The van der Waals surface area contributed by atoms with Gasteiger partial charge >= 0.3 is 0 Å². The van der Waals surface area contributed by atoms with E-state index >= 15 is 0 Å². The summed E-state index contributed by atoms with van der Waals surface area (Å²) in [5.41, 5.74) is 1.51. The van der Waals surface area contributed by atoms with Gasteiger partial charge < -0.3 is 5.11 Å². The van der Waals surface area contributed by atoms with Gasteiger partial charge in [0.25, 0.3) is 0 Å². The van der Waals surface area contributed by atoms with Gasteiger partial charge in [0.05, 0.1) is 5.60 Å². The van der Waals surface area contributed by atoms with Gasteiger partial charge in [0.1, 0.15) is 0 Å². The summed E-state index contributed by atoms with van der Waals surface area (Å²) in [6.07, 6.45) is 8.65. The molecule has 84 valence electrons. The minimum absolute atomic E-state index is 0.676. The molecule has 1 nitrogen and oxygen atoms in total. The Hall–Kier alpha value is -1.34. The van der Waals surface area contributed by atoms with Crippen LogP contribution in [-0.4, -0.2) is 10.7 Å². The first-order chi connectivity index (χ1) is 7.76. The highest BCUT2D eigenvalue weighted by Gasteiger charge is 2.31. The fourth-order valence-electron chi connectivity index (χ4n) is 2.33. The Morgan fingerprint density at radius 1 is 1.25 bits per heavy atom. The lowest BCUT2D eigenvalue weighted by atomic mass is 9.79. The second-order valence-electron chi connectivity index (χ2n) is 4.36. The Bertz CT molecular complexity index is 403. The lowest BCUT2D eigenvalue weighted by molar-refractivity contribution is 0.0934. The van der Waals surface area contributed by atoms with Crippen molar-refractivity contribution in [1.82, 2.24) is 0 Å². The largest absolute Gasteiger partial charge is 0.385 e. The Labute approximate surface area is 97.1 Å². The molecule has 1 aromatic carbocycles. The molecule has 16 heavy (non-hydrogen) atoms. The van der Waals surface area contributed by atoms with E-state index in [1.165, 1.54) is 0 Å². The van der Waals surface area contributed by atoms with Crippen LogP contribution >= 0.6 is 0 Å². The number of hydrogen-bond acceptors (Lipinski definition) is 1. The van der Waals surface area contributed by atoms with Crippen LogP contribution in [0.4, 0.5) is 0 Å². The van der Waals surface area contributed by atoms with Crippen LogP contribution in [0.5, 0.6) is 0 Å². The van der Waals surface area contributed by atoms with Crippen LogP contribution in [0.1, 0.15) is 31.7 Å². The minimum atomic E-state index is -0.676. The van der Waals surface area contributed by atoms with Gasteiger partial charge in [-0.1, -0.05) is 61.9 Å². The molecule has 1 aliphatic rings. The summed E-state index contributed by atoms with van der Waals surface area (Å²) in [6, 6.07) is 10.2. The van der Waals surface area contributed by atoms with E-state index in [0.29, 0.717) is 0 Å². The van der Waals surface area contributed by atoms with Crippen molar-refractivity contribution in [2.24, 2.45) is 0 Å². The second kappa shape index (κ2) is 4.67. The van der Waals surface area contributed by atoms with Crippen LogP contribution in [0.3, 0.4) is 0 Å². The van der Waals surface area contributed by atoms with Gasteiger partial charge in [-0.25, -0.2) is 0 Å². The SMILES string of the molecule is CCCC1(O)CC=CC=C1c1ccccc1. The minimum Gasteiger partial charge on any atom is -0.385 e. The Kier molecular flexibility index (Phi) is 3.25. The second-order valence-corrected chi connectivity index (χ2v) is 4.36. The predicted molar refractivity (Wildman–Crippen MR) is 68.0 cm³/mol. The topological polar surface area (TPSA) is 20.2 Å². The average molecular weight is 214 g/mol. The van der Waals surface area contributed by atoms with E-state index < -0.39 is 5.60 Å². The Balaban J connectivity index is 2.37. The molecule has 0 saturated carbocycles. The first-order valence-corrected chi connectivity index (χ1v) is 5.91. The molecule has 2 rings (SSSR count). The predicted octanol–water partition coefficient (Wildman–Crippen LogP) is 3.56. The van der Waals surface area contributed by atoms with Crippen molar-refractivity contribution >= 4 is 5.57 Å². The summed E-state index contributed by atoms with van der Waals surface area (Å²) >= 11 is 0. The van der Waals surface area contributed by atoms with Crippen LogP contribution < -0.4 is 0 Å². The van der Waals surface area contributed by atoms with Crippen molar-refractivity contribution in [2.45, 2.75) is 31.8 Å². The molecule has 0 spiro atoms. The van der Waals surface area contributed by atoms with E-state index in [2.05, 4.69) is 19.1 Å². The molecule has 0 fully saturated rings. The van der Waals surface area contributed by atoms with Crippen LogP contribution in [0.15, 0.2) is 48.6 Å². The maximum Gasteiger partial charge on any atom is 0.0936 e. The van der Waals surface area contributed by atoms with E-state index in [9.17, 15) is 5.11 Å². The molecular weight excluding hydrogens is 196 g/mol. The van der Waals surface area contributed by atoms with Crippen molar-refractivity contribution in [3.63, 3.8) is 0 Å². The molecule has 1 atom stereocenters. The van der Waals surface area contributed by atoms with Crippen molar-refractivity contribution < 1.29 is 5.11 Å².